The molecule has 1 saturated carbocycles. The fraction of sp³-hybridized carbons (Fsp3) is 0.500. The summed E-state index contributed by atoms with van der Waals surface area (Å²) >= 11 is 0. The number of carbonyl (C=O) groups is 2. The quantitative estimate of drug-likeness (QED) is 0.368. The van der Waals surface area contributed by atoms with Gasteiger partial charge in [-0.2, -0.15) is 13.2 Å². The minimum Gasteiger partial charge on any atom is -0.495 e. The van der Waals surface area contributed by atoms with E-state index in [1.54, 1.807) is 30.2 Å². The highest BCUT2D eigenvalue weighted by Crippen LogP contribution is 2.34. The number of amides is 2. The first kappa shape index (κ1) is 30.9. The molecule has 1 aliphatic carbocycles. The third-order valence-corrected chi connectivity index (χ3v) is 7.00. The van der Waals surface area contributed by atoms with Crippen molar-refractivity contribution in [3.05, 3.63) is 47.3 Å². The van der Waals surface area contributed by atoms with Crippen LogP contribution in [0.4, 0.5) is 24.8 Å². The van der Waals surface area contributed by atoms with Crippen molar-refractivity contribution >= 4 is 29.5 Å². The third-order valence-electron chi connectivity index (χ3n) is 7.00. The number of halogens is 3. The van der Waals surface area contributed by atoms with Crippen LogP contribution in [0.2, 0.25) is 0 Å². The SMILES string of the molecule is COCCNC(=O)c1ccc(Nc2ncc(C(F)(F)F)c(C=CCC3CCCCC3N(C)C(C)=O)n2)c(OC)c1. The van der Waals surface area contributed by atoms with Crippen molar-refractivity contribution in [2.75, 3.05) is 39.7 Å². The molecule has 9 nitrogen and oxygen atoms in total. The number of allylic oxidation sites excluding steroid dienone is 1. The van der Waals surface area contributed by atoms with Gasteiger partial charge in [-0.25, -0.2) is 9.97 Å². The van der Waals surface area contributed by atoms with Crippen LogP contribution in [0.1, 0.15) is 60.6 Å². The van der Waals surface area contributed by atoms with Gasteiger partial charge in [0.05, 0.1) is 30.7 Å². The third kappa shape index (κ3) is 8.17. The number of anilines is 2. The Kier molecular flexibility index (Phi) is 10.9. The van der Waals surface area contributed by atoms with Gasteiger partial charge in [0.2, 0.25) is 11.9 Å². The number of carbonyl (C=O) groups excluding carboxylic acids is 2. The lowest BCUT2D eigenvalue weighted by atomic mass is 9.81. The molecular weight excluding hydrogens is 527 g/mol. The molecule has 2 N–H and O–H groups in total. The lowest BCUT2D eigenvalue weighted by Gasteiger charge is -2.37. The van der Waals surface area contributed by atoms with Gasteiger partial charge in [0.25, 0.3) is 5.91 Å². The van der Waals surface area contributed by atoms with Crippen LogP contribution < -0.4 is 15.4 Å². The van der Waals surface area contributed by atoms with E-state index in [9.17, 15) is 22.8 Å². The van der Waals surface area contributed by atoms with Crippen LogP contribution in [0.5, 0.6) is 5.75 Å². The Morgan fingerprint density at radius 1 is 1.20 bits per heavy atom. The number of alkyl halides is 3. The number of hydrogen-bond donors (Lipinski definition) is 2. The van der Waals surface area contributed by atoms with Crippen LogP contribution in [0, 0.1) is 5.92 Å². The highest BCUT2D eigenvalue weighted by atomic mass is 19.4. The second-order valence-corrected chi connectivity index (χ2v) is 9.66. The van der Waals surface area contributed by atoms with Gasteiger partial charge in [-0.05, 0) is 49.5 Å². The highest BCUT2D eigenvalue weighted by molar-refractivity contribution is 5.95. The standard InChI is InChI=1S/C28H36F3N5O4/c1-18(37)36(2)24-11-6-5-8-19(24)9-7-10-22-21(28(29,30)31)17-33-27(34-22)35-23-13-12-20(16-25(23)40-4)26(38)32-14-15-39-3/h7,10,12-13,16-17,19,24H,5-6,8-9,11,14-15H2,1-4H3,(H,32,38)(H,33,34,35). The molecule has 0 spiro atoms. The van der Waals surface area contributed by atoms with E-state index in [-0.39, 0.29) is 41.2 Å². The molecule has 1 aromatic carbocycles. The van der Waals surface area contributed by atoms with Crippen LogP contribution in [0.15, 0.2) is 30.5 Å². The zero-order valence-electron chi connectivity index (χ0n) is 23.2. The number of ether oxygens (including phenoxy) is 2. The molecule has 0 saturated heterocycles. The van der Waals surface area contributed by atoms with Gasteiger partial charge in [-0.3, -0.25) is 9.59 Å². The van der Waals surface area contributed by atoms with E-state index in [0.717, 1.165) is 31.9 Å². The van der Waals surface area contributed by atoms with Crippen LogP contribution in [0.25, 0.3) is 6.08 Å². The maximum atomic E-state index is 13.8. The topological polar surface area (TPSA) is 106 Å². The molecule has 2 aromatic rings. The molecule has 0 aliphatic heterocycles. The van der Waals surface area contributed by atoms with E-state index >= 15 is 0 Å². The summed E-state index contributed by atoms with van der Waals surface area (Å²) in [5.74, 6) is 0.0342. The van der Waals surface area contributed by atoms with Crippen molar-refractivity contribution in [1.82, 2.24) is 20.2 Å². The number of hydrogen-bond acceptors (Lipinski definition) is 7. The molecular formula is C28H36F3N5O4. The molecule has 12 heteroatoms. The molecule has 0 radical (unpaired) electrons. The summed E-state index contributed by atoms with van der Waals surface area (Å²) in [4.78, 5) is 34.0. The summed E-state index contributed by atoms with van der Waals surface area (Å²) in [6.45, 7) is 2.22. The molecule has 1 heterocycles. The second kappa shape index (κ2) is 14.1. The number of rotatable bonds is 11. The van der Waals surface area contributed by atoms with Crippen molar-refractivity contribution in [3.63, 3.8) is 0 Å². The molecule has 1 aromatic heterocycles. The number of benzene rings is 1. The maximum Gasteiger partial charge on any atom is 0.419 e. The maximum absolute atomic E-state index is 13.8. The summed E-state index contributed by atoms with van der Waals surface area (Å²) in [5, 5.41) is 5.60. The zero-order valence-corrected chi connectivity index (χ0v) is 23.2. The van der Waals surface area contributed by atoms with E-state index in [1.165, 1.54) is 33.3 Å². The first-order valence-corrected chi connectivity index (χ1v) is 13.1. The molecule has 0 bridgehead atoms. The fourth-order valence-corrected chi connectivity index (χ4v) is 4.79. The van der Waals surface area contributed by atoms with Gasteiger partial charge in [0.1, 0.15) is 5.75 Å². The second-order valence-electron chi connectivity index (χ2n) is 9.66. The van der Waals surface area contributed by atoms with Crippen LogP contribution in [0.3, 0.4) is 0 Å². The summed E-state index contributed by atoms with van der Waals surface area (Å²) < 4.78 is 51.6. The zero-order chi connectivity index (χ0) is 29.3. The molecule has 2 amide bonds. The van der Waals surface area contributed by atoms with E-state index in [4.69, 9.17) is 9.47 Å². The highest BCUT2D eigenvalue weighted by Gasteiger charge is 2.34. The largest absolute Gasteiger partial charge is 0.495 e. The van der Waals surface area contributed by atoms with Gasteiger partial charge in [0.15, 0.2) is 0 Å². The molecule has 1 fully saturated rings. The minimum absolute atomic E-state index is 0.0260. The lowest BCUT2D eigenvalue weighted by Crippen LogP contribution is -2.42. The van der Waals surface area contributed by atoms with Crippen LogP contribution >= 0.6 is 0 Å². The number of methoxy groups -OCH3 is 2. The predicted octanol–water partition coefficient (Wildman–Crippen LogP) is 5.06. The Labute approximate surface area is 232 Å². The van der Waals surface area contributed by atoms with Gasteiger partial charge in [-0.15, -0.1) is 0 Å². The molecule has 218 valence electrons. The molecule has 40 heavy (non-hydrogen) atoms. The van der Waals surface area contributed by atoms with Crippen molar-refractivity contribution in [1.29, 1.82) is 0 Å². The Hall–Kier alpha value is -3.67. The summed E-state index contributed by atoms with van der Waals surface area (Å²) in [5.41, 5.74) is -0.509. The Morgan fingerprint density at radius 3 is 2.62 bits per heavy atom. The Balaban J connectivity index is 1.81. The fourth-order valence-electron chi connectivity index (χ4n) is 4.79. The normalized spacial score (nSPS) is 17.5. The lowest BCUT2D eigenvalue weighted by molar-refractivity contribution is -0.138. The summed E-state index contributed by atoms with van der Waals surface area (Å²) in [6.07, 6.45) is 3.48. The van der Waals surface area contributed by atoms with Crippen molar-refractivity contribution in [2.24, 2.45) is 5.92 Å². The Morgan fingerprint density at radius 2 is 1.95 bits per heavy atom. The van der Waals surface area contributed by atoms with Gasteiger partial charge in [-0.1, -0.05) is 18.9 Å². The predicted molar refractivity (Wildman–Crippen MR) is 145 cm³/mol. The van der Waals surface area contributed by atoms with Crippen molar-refractivity contribution in [3.8, 4) is 5.75 Å². The van der Waals surface area contributed by atoms with Gasteiger partial charge in [0, 0.05) is 45.4 Å². The number of aromatic nitrogens is 2. The van der Waals surface area contributed by atoms with Crippen LogP contribution in [-0.4, -0.2) is 67.1 Å². The minimum atomic E-state index is -4.64. The van der Waals surface area contributed by atoms with Gasteiger partial charge < -0.3 is 25.0 Å². The summed E-state index contributed by atoms with van der Waals surface area (Å²) in [7, 11) is 4.71. The van der Waals surface area contributed by atoms with E-state index in [1.807, 2.05) is 0 Å². The summed E-state index contributed by atoms with van der Waals surface area (Å²) in [6, 6.07) is 4.68. The van der Waals surface area contributed by atoms with Crippen molar-refractivity contribution < 1.29 is 32.2 Å². The van der Waals surface area contributed by atoms with Crippen molar-refractivity contribution in [2.45, 2.75) is 51.2 Å². The van der Waals surface area contributed by atoms with Crippen LogP contribution in [-0.2, 0) is 15.7 Å². The Bertz CT molecular complexity index is 1200. The molecule has 1 aliphatic rings. The monoisotopic (exact) mass is 563 g/mol. The molecule has 2 unspecified atom stereocenters. The number of nitrogens with one attached hydrogen (secondary N) is 2. The van der Waals surface area contributed by atoms with E-state index < -0.39 is 11.7 Å². The average Bonchev–Trinajstić information content (AvgIpc) is 2.92. The van der Waals surface area contributed by atoms with E-state index in [2.05, 4.69) is 20.6 Å². The molecule has 3 rings (SSSR count). The first-order chi connectivity index (χ1) is 19.0. The van der Waals surface area contributed by atoms with Gasteiger partial charge >= 0.3 is 6.18 Å². The first-order valence-electron chi connectivity index (χ1n) is 13.1. The smallest absolute Gasteiger partial charge is 0.419 e. The number of nitrogens with zero attached hydrogens (tertiary/aromatic N) is 3. The molecule has 2 atom stereocenters. The average molecular weight is 564 g/mol. The van der Waals surface area contributed by atoms with E-state index in [0.29, 0.717) is 30.8 Å².